The number of hydrogen-bond donors (Lipinski definition) is 2. The van der Waals surface area contributed by atoms with Crippen molar-refractivity contribution in [3.8, 4) is 0 Å². The lowest BCUT2D eigenvalue weighted by Gasteiger charge is -2.09. The molecule has 0 unspecified atom stereocenters. The van der Waals surface area contributed by atoms with E-state index >= 15 is 0 Å². The molecule has 0 fully saturated rings. The highest BCUT2D eigenvalue weighted by molar-refractivity contribution is 5.63. The van der Waals surface area contributed by atoms with Crippen molar-refractivity contribution in [3.63, 3.8) is 0 Å². The quantitative estimate of drug-likeness (QED) is 0.443. The number of carbonyl (C=O) groups is 1. The van der Waals surface area contributed by atoms with Crippen molar-refractivity contribution < 1.29 is 15.1 Å². The summed E-state index contributed by atoms with van der Waals surface area (Å²) in [4.78, 5) is 10.3. The Hall–Kier alpha value is -1.55. The highest BCUT2D eigenvalue weighted by atomic mass is 16.6. The molecule has 4 nitrogen and oxygen atoms in total. The molecule has 0 saturated heterocycles. The first-order valence-electron chi connectivity index (χ1n) is 5.43. The van der Waals surface area contributed by atoms with Gasteiger partial charge < -0.3 is 5.11 Å². The summed E-state index contributed by atoms with van der Waals surface area (Å²) in [6.45, 7) is 0.185. The van der Waals surface area contributed by atoms with Crippen molar-refractivity contribution in [1.29, 1.82) is 0 Å². The van der Waals surface area contributed by atoms with E-state index in [1.54, 1.807) is 0 Å². The maximum Gasteiger partial charge on any atom is 0.431 e. The number of amides is 1. The normalized spacial score (nSPS) is 10.1. The maximum absolute atomic E-state index is 10.3. The van der Waals surface area contributed by atoms with Crippen molar-refractivity contribution in [3.05, 3.63) is 35.9 Å². The lowest BCUT2D eigenvalue weighted by molar-refractivity contribution is -0.0644. The molecule has 0 aliphatic rings. The molecule has 0 heterocycles. The second-order valence-electron chi connectivity index (χ2n) is 3.70. The number of benzene rings is 1. The van der Waals surface area contributed by atoms with Gasteiger partial charge in [0.15, 0.2) is 0 Å². The van der Waals surface area contributed by atoms with Crippen LogP contribution >= 0.6 is 0 Å². The van der Waals surface area contributed by atoms with Gasteiger partial charge in [-0.2, -0.15) is 5.06 Å². The van der Waals surface area contributed by atoms with Gasteiger partial charge in [-0.05, 0) is 24.8 Å². The summed E-state index contributed by atoms with van der Waals surface area (Å²) in [6, 6.07) is 10.2. The van der Waals surface area contributed by atoms with Gasteiger partial charge in [0.05, 0.1) is 6.54 Å². The molecular formula is C12H17NO3. The van der Waals surface area contributed by atoms with Crippen LogP contribution in [0.15, 0.2) is 30.3 Å². The standard InChI is InChI=1S/C12H17NO3/c14-12(15)13(16)10-6-2-5-9-11-7-3-1-4-8-11/h1,3-4,7-8,16H,2,5-6,9-10H2,(H,14,15). The molecule has 0 aliphatic heterocycles. The Balaban J connectivity index is 2.07. The molecule has 0 radical (unpaired) electrons. The minimum absolute atomic E-state index is 0.185. The van der Waals surface area contributed by atoms with Crippen LogP contribution in [0.2, 0.25) is 0 Å². The summed E-state index contributed by atoms with van der Waals surface area (Å²) in [7, 11) is 0. The number of hydrogen-bond acceptors (Lipinski definition) is 2. The second kappa shape index (κ2) is 6.85. The third-order valence-electron chi connectivity index (χ3n) is 2.40. The lowest BCUT2D eigenvalue weighted by atomic mass is 10.1. The van der Waals surface area contributed by atoms with Crippen LogP contribution in [0.1, 0.15) is 24.8 Å². The molecule has 16 heavy (non-hydrogen) atoms. The Morgan fingerprint density at radius 2 is 1.81 bits per heavy atom. The van der Waals surface area contributed by atoms with Gasteiger partial charge in [-0.1, -0.05) is 36.8 Å². The number of carboxylic acid groups (broad SMARTS) is 1. The molecule has 0 spiro atoms. The van der Waals surface area contributed by atoms with E-state index in [1.165, 1.54) is 5.56 Å². The van der Waals surface area contributed by atoms with Crippen LogP contribution in [0.4, 0.5) is 4.79 Å². The summed E-state index contributed by atoms with van der Waals surface area (Å²) in [5, 5.41) is 17.6. The third kappa shape index (κ3) is 4.79. The molecule has 88 valence electrons. The van der Waals surface area contributed by atoms with Crippen LogP contribution in [0.25, 0.3) is 0 Å². The molecule has 0 aliphatic carbocycles. The van der Waals surface area contributed by atoms with Gasteiger partial charge in [0.25, 0.3) is 0 Å². The first-order chi connectivity index (χ1) is 7.70. The Morgan fingerprint density at radius 3 is 2.44 bits per heavy atom. The fourth-order valence-corrected chi connectivity index (χ4v) is 1.51. The van der Waals surface area contributed by atoms with Gasteiger partial charge in [-0.15, -0.1) is 0 Å². The lowest BCUT2D eigenvalue weighted by Crippen LogP contribution is -2.26. The number of unbranched alkanes of at least 4 members (excludes halogenated alkanes) is 2. The number of hydroxylamine groups is 2. The van der Waals surface area contributed by atoms with E-state index in [-0.39, 0.29) is 6.54 Å². The van der Waals surface area contributed by atoms with Crippen molar-refractivity contribution in [2.75, 3.05) is 6.54 Å². The van der Waals surface area contributed by atoms with Gasteiger partial charge in [0.2, 0.25) is 0 Å². The first-order valence-corrected chi connectivity index (χ1v) is 5.43. The molecule has 4 heteroatoms. The number of aryl methyl sites for hydroxylation is 1. The highest BCUT2D eigenvalue weighted by Crippen LogP contribution is 2.06. The van der Waals surface area contributed by atoms with E-state index < -0.39 is 6.09 Å². The van der Waals surface area contributed by atoms with Gasteiger partial charge in [0.1, 0.15) is 0 Å². The Kier molecular flexibility index (Phi) is 5.36. The average Bonchev–Trinajstić information content (AvgIpc) is 2.29. The highest BCUT2D eigenvalue weighted by Gasteiger charge is 2.05. The zero-order valence-corrected chi connectivity index (χ0v) is 9.17. The minimum atomic E-state index is -1.29. The molecule has 1 amide bonds. The van der Waals surface area contributed by atoms with Gasteiger partial charge >= 0.3 is 6.09 Å². The fraction of sp³-hybridized carbons (Fsp3) is 0.417. The van der Waals surface area contributed by atoms with Gasteiger partial charge in [0, 0.05) is 0 Å². The molecule has 2 N–H and O–H groups in total. The summed E-state index contributed by atoms with van der Waals surface area (Å²) < 4.78 is 0. The smallest absolute Gasteiger partial charge is 0.431 e. The van der Waals surface area contributed by atoms with E-state index in [0.717, 1.165) is 19.3 Å². The summed E-state index contributed by atoms with van der Waals surface area (Å²) in [5.41, 5.74) is 1.29. The Labute approximate surface area is 95.1 Å². The van der Waals surface area contributed by atoms with Crippen LogP contribution in [0.5, 0.6) is 0 Å². The summed E-state index contributed by atoms with van der Waals surface area (Å²) in [5.74, 6) is 0. The van der Waals surface area contributed by atoms with E-state index in [9.17, 15) is 4.79 Å². The predicted octanol–water partition coefficient (Wildman–Crippen LogP) is 2.77. The average molecular weight is 223 g/mol. The molecule has 1 aromatic carbocycles. The predicted molar refractivity (Wildman–Crippen MR) is 60.5 cm³/mol. The minimum Gasteiger partial charge on any atom is -0.463 e. The second-order valence-corrected chi connectivity index (χ2v) is 3.70. The topological polar surface area (TPSA) is 60.8 Å². The maximum atomic E-state index is 10.3. The first kappa shape index (κ1) is 12.5. The van der Waals surface area contributed by atoms with E-state index in [4.69, 9.17) is 10.3 Å². The molecule has 1 aromatic rings. The molecular weight excluding hydrogens is 206 g/mol. The third-order valence-corrected chi connectivity index (χ3v) is 2.40. The molecule has 0 atom stereocenters. The van der Waals surface area contributed by atoms with Gasteiger partial charge in [-0.25, -0.2) is 4.79 Å². The van der Waals surface area contributed by atoms with Gasteiger partial charge in [-0.3, -0.25) is 5.21 Å². The van der Waals surface area contributed by atoms with Crippen LogP contribution in [0, 0.1) is 0 Å². The molecule has 0 saturated carbocycles. The van der Waals surface area contributed by atoms with Crippen LogP contribution in [-0.4, -0.2) is 28.0 Å². The SMILES string of the molecule is O=C(O)N(O)CCCCCc1ccccc1. The van der Waals surface area contributed by atoms with Crippen LogP contribution < -0.4 is 0 Å². The number of rotatable bonds is 6. The van der Waals surface area contributed by atoms with Crippen molar-refractivity contribution in [2.45, 2.75) is 25.7 Å². The largest absolute Gasteiger partial charge is 0.463 e. The molecule has 1 rings (SSSR count). The van der Waals surface area contributed by atoms with E-state index in [2.05, 4.69) is 12.1 Å². The van der Waals surface area contributed by atoms with E-state index in [1.807, 2.05) is 18.2 Å². The zero-order chi connectivity index (χ0) is 11.8. The summed E-state index contributed by atoms with van der Waals surface area (Å²) in [6.07, 6.45) is 2.33. The van der Waals surface area contributed by atoms with Crippen molar-refractivity contribution in [2.24, 2.45) is 0 Å². The van der Waals surface area contributed by atoms with Crippen LogP contribution in [-0.2, 0) is 6.42 Å². The molecule has 0 aromatic heterocycles. The van der Waals surface area contributed by atoms with Crippen LogP contribution in [0.3, 0.4) is 0 Å². The zero-order valence-electron chi connectivity index (χ0n) is 9.17. The van der Waals surface area contributed by atoms with Crippen molar-refractivity contribution >= 4 is 6.09 Å². The Bertz CT molecular complexity index is 313. The summed E-state index contributed by atoms with van der Waals surface area (Å²) >= 11 is 0. The number of nitrogens with zero attached hydrogens (tertiary/aromatic N) is 1. The van der Waals surface area contributed by atoms with Crippen molar-refractivity contribution in [1.82, 2.24) is 5.06 Å². The monoisotopic (exact) mass is 223 g/mol. The Morgan fingerprint density at radius 1 is 1.12 bits per heavy atom. The van der Waals surface area contributed by atoms with E-state index in [0.29, 0.717) is 11.5 Å². The fourth-order valence-electron chi connectivity index (χ4n) is 1.51. The molecule has 0 bridgehead atoms.